The Balaban J connectivity index is 1.31. The molecule has 160 valence electrons. The Kier molecular flexibility index (Phi) is 9.55. The minimum absolute atomic E-state index is 0.0441. The van der Waals surface area contributed by atoms with Gasteiger partial charge < -0.3 is 5.32 Å². The van der Waals surface area contributed by atoms with E-state index < -0.39 is 0 Å². The molecule has 0 aliphatic heterocycles. The highest BCUT2D eigenvalue weighted by molar-refractivity contribution is 5.91. The summed E-state index contributed by atoms with van der Waals surface area (Å²) in [5.74, 6) is 0.422. The number of pyridine rings is 1. The van der Waals surface area contributed by atoms with Crippen LogP contribution in [0.1, 0.15) is 61.1 Å². The Labute approximate surface area is 186 Å². The van der Waals surface area contributed by atoms with Gasteiger partial charge in [0.05, 0.1) is 0 Å². The zero-order valence-electron chi connectivity index (χ0n) is 18.1. The van der Waals surface area contributed by atoms with Crippen molar-refractivity contribution in [1.82, 2.24) is 10.3 Å². The third-order valence-electron chi connectivity index (χ3n) is 5.48. The maximum absolute atomic E-state index is 11.9. The lowest BCUT2D eigenvalue weighted by Crippen LogP contribution is -2.21. The van der Waals surface area contributed by atoms with Crippen LogP contribution in [0, 0.1) is 0 Å². The lowest BCUT2D eigenvalue weighted by molar-refractivity contribution is -0.116. The summed E-state index contributed by atoms with van der Waals surface area (Å²) < 4.78 is 0. The topological polar surface area (TPSA) is 42.0 Å². The van der Waals surface area contributed by atoms with E-state index in [2.05, 4.69) is 71.0 Å². The second-order valence-electron chi connectivity index (χ2n) is 7.84. The monoisotopic (exact) mass is 412 g/mol. The normalized spacial score (nSPS) is 11.1. The number of rotatable bonds is 12. The van der Waals surface area contributed by atoms with Crippen molar-refractivity contribution >= 4 is 12.0 Å². The zero-order valence-corrected chi connectivity index (χ0v) is 18.1. The fourth-order valence-corrected chi connectivity index (χ4v) is 3.82. The molecular formula is C28H32N2O. The van der Waals surface area contributed by atoms with E-state index in [0.717, 1.165) is 24.9 Å². The Morgan fingerprint density at radius 1 is 0.806 bits per heavy atom. The number of aromatic nitrogens is 1. The van der Waals surface area contributed by atoms with Crippen LogP contribution in [-0.2, 0) is 4.79 Å². The van der Waals surface area contributed by atoms with Gasteiger partial charge in [-0.2, -0.15) is 0 Å². The van der Waals surface area contributed by atoms with Crippen LogP contribution in [0.15, 0.2) is 91.3 Å². The first-order valence-electron chi connectivity index (χ1n) is 11.3. The van der Waals surface area contributed by atoms with Crippen molar-refractivity contribution < 1.29 is 4.79 Å². The van der Waals surface area contributed by atoms with Gasteiger partial charge in [0.25, 0.3) is 0 Å². The van der Waals surface area contributed by atoms with E-state index in [0.29, 0.717) is 5.92 Å². The molecule has 0 aliphatic carbocycles. The van der Waals surface area contributed by atoms with Crippen LogP contribution in [0.5, 0.6) is 0 Å². The SMILES string of the molecule is O=C(/C=C/c1cccnc1)NCCCCCCCC(c1ccccc1)c1ccccc1. The van der Waals surface area contributed by atoms with Crippen LogP contribution >= 0.6 is 0 Å². The summed E-state index contributed by atoms with van der Waals surface area (Å²) in [6, 6.07) is 25.4. The van der Waals surface area contributed by atoms with Gasteiger partial charge in [-0.25, -0.2) is 0 Å². The third-order valence-corrected chi connectivity index (χ3v) is 5.48. The highest BCUT2D eigenvalue weighted by Gasteiger charge is 2.13. The highest BCUT2D eigenvalue weighted by atomic mass is 16.1. The molecule has 0 spiro atoms. The van der Waals surface area contributed by atoms with Crippen LogP contribution in [-0.4, -0.2) is 17.4 Å². The van der Waals surface area contributed by atoms with Gasteiger partial charge in [0.2, 0.25) is 5.91 Å². The molecule has 0 radical (unpaired) electrons. The molecule has 2 aromatic carbocycles. The van der Waals surface area contributed by atoms with E-state index in [1.54, 1.807) is 24.5 Å². The number of hydrogen-bond acceptors (Lipinski definition) is 2. The minimum atomic E-state index is -0.0441. The highest BCUT2D eigenvalue weighted by Crippen LogP contribution is 2.29. The molecule has 0 saturated carbocycles. The standard InChI is InChI=1S/C28H32N2O/c31-28(20-19-24-13-12-21-29-23-24)30-22-11-3-1-2-10-18-27(25-14-6-4-7-15-25)26-16-8-5-9-17-26/h4-9,12-17,19-21,23,27H,1-3,10-11,18,22H2,(H,30,31)/b20-19+. The van der Waals surface area contributed by atoms with E-state index in [1.807, 2.05) is 12.1 Å². The van der Waals surface area contributed by atoms with E-state index in [1.165, 1.54) is 36.8 Å². The Morgan fingerprint density at radius 3 is 2.10 bits per heavy atom. The molecule has 3 rings (SSSR count). The van der Waals surface area contributed by atoms with Gasteiger partial charge >= 0.3 is 0 Å². The first-order chi connectivity index (χ1) is 15.3. The van der Waals surface area contributed by atoms with Crippen molar-refractivity contribution in [2.75, 3.05) is 6.54 Å². The first kappa shape index (κ1) is 22.5. The van der Waals surface area contributed by atoms with Crippen LogP contribution in [0.25, 0.3) is 6.08 Å². The Bertz CT molecular complexity index is 868. The fourth-order valence-electron chi connectivity index (χ4n) is 3.82. The Morgan fingerprint density at radius 2 is 1.45 bits per heavy atom. The van der Waals surface area contributed by atoms with E-state index in [-0.39, 0.29) is 5.91 Å². The summed E-state index contributed by atoms with van der Waals surface area (Å²) in [7, 11) is 0. The molecular weight excluding hydrogens is 380 g/mol. The van der Waals surface area contributed by atoms with Crippen LogP contribution in [0.2, 0.25) is 0 Å². The predicted octanol–water partition coefficient (Wildman–Crippen LogP) is 6.38. The molecule has 0 fully saturated rings. The molecule has 0 aliphatic rings. The summed E-state index contributed by atoms with van der Waals surface area (Å²) in [5.41, 5.74) is 3.73. The van der Waals surface area contributed by atoms with Crippen molar-refractivity contribution in [1.29, 1.82) is 0 Å². The number of benzene rings is 2. The Hall–Kier alpha value is -3.20. The average molecular weight is 413 g/mol. The minimum Gasteiger partial charge on any atom is -0.353 e. The van der Waals surface area contributed by atoms with E-state index >= 15 is 0 Å². The van der Waals surface area contributed by atoms with Crippen molar-refractivity contribution in [3.8, 4) is 0 Å². The maximum atomic E-state index is 11.9. The van der Waals surface area contributed by atoms with Crippen LogP contribution in [0.4, 0.5) is 0 Å². The largest absolute Gasteiger partial charge is 0.353 e. The second kappa shape index (κ2) is 13.2. The molecule has 0 unspecified atom stereocenters. The number of carbonyl (C=O) groups excluding carboxylic acids is 1. The van der Waals surface area contributed by atoms with Crippen molar-refractivity contribution in [2.45, 2.75) is 44.4 Å². The molecule has 3 aromatic rings. The van der Waals surface area contributed by atoms with Gasteiger partial charge in [-0.05, 0) is 41.7 Å². The number of amides is 1. The average Bonchev–Trinajstić information content (AvgIpc) is 2.83. The van der Waals surface area contributed by atoms with Crippen molar-refractivity contribution in [3.05, 3.63) is 108 Å². The second-order valence-corrected chi connectivity index (χ2v) is 7.84. The third kappa shape index (κ3) is 8.21. The molecule has 0 saturated heterocycles. The number of hydrogen-bond donors (Lipinski definition) is 1. The maximum Gasteiger partial charge on any atom is 0.243 e. The van der Waals surface area contributed by atoms with Gasteiger partial charge in [-0.1, -0.05) is 92.4 Å². The quantitative estimate of drug-likeness (QED) is 0.277. The predicted molar refractivity (Wildman–Crippen MR) is 129 cm³/mol. The molecule has 1 heterocycles. The molecule has 0 bridgehead atoms. The number of nitrogens with zero attached hydrogens (tertiary/aromatic N) is 1. The first-order valence-corrected chi connectivity index (χ1v) is 11.3. The van der Waals surface area contributed by atoms with Crippen LogP contribution < -0.4 is 5.32 Å². The summed E-state index contributed by atoms with van der Waals surface area (Å²) in [4.78, 5) is 15.9. The fraction of sp³-hybridized carbons (Fsp3) is 0.286. The van der Waals surface area contributed by atoms with Gasteiger partial charge in [-0.3, -0.25) is 9.78 Å². The number of unbranched alkanes of at least 4 members (excludes halogenated alkanes) is 4. The molecule has 1 N–H and O–H groups in total. The van der Waals surface area contributed by atoms with E-state index in [9.17, 15) is 4.79 Å². The summed E-state index contributed by atoms with van der Waals surface area (Å²) >= 11 is 0. The smallest absolute Gasteiger partial charge is 0.243 e. The van der Waals surface area contributed by atoms with E-state index in [4.69, 9.17) is 0 Å². The van der Waals surface area contributed by atoms with Gasteiger partial charge in [0, 0.05) is 30.9 Å². The lowest BCUT2D eigenvalue weighted by atomic mass is 9.87. The van der Waals surface area contributed by atoms with Crippen molar-refractivity contribution in [3.63, 3.8) is 0 Å². The molecule has 1 amide bonds. The summed E-state index contributed by atoms with van der Waals surface area (Å²) in [6.07, 6.45) is 13.8. The summed E-state index contributed by atoms with van der Waals surface area (Å²) in [6.45, 7) is 0.729. The van der Waals surface area contributed by atoms with Crippen LogP contribution in [0.3, 0.4) is 0 Å². The lowest BCUT2D eigenvalue weighted by Gasteiger charge is -2.18. The van der Waals surface area contributed by atoms with Gasteiger partial charge in [0.1, 0.15) is 0 Å². The van der Waals surface area contributed by atoms with Gasteiger partial charge in [0.15, 0.2) is 0 Å². The summed E-state index contributed by atoms with van der Waals surface area (Å²) in [5, 5.41) is 2.96. The zero-order chi connectivity index (χ0) is 21.6. The molecule has 3 heteroatoms. The molecule has 31 heavy (non-hydrogen) atoms. The number of carbonyl (C=O) groups is 1. The molecule has 3 nitrogen and oxygen atoms in total. The van der Waals surface area contributed by atoms with Gasteiger partial charge in [-0.15, -0.1) is 0 Å². The molecule has 1 aromatic heterocycles. The van der Waals surface area contributed by atoms with Crippen molar-refractivity contribution in [2.24, 2.45) is 0 Å². The molecule has 0 atom stereocenters. The number of nitrogens with one attached hydrogen (secondary N) is 1.